The lowest BCUT2D eigenvalue weighted by Gasteiger charge is -2.31. The lowest BCUT2D eigenvalue weighted by atomic mass is 9.79. The van der Waals surface area contributed by atoms with E-state index in [1.165, 1.54) is 67.5 Å². The van der Waals surface area contributed by atoms with Crippen molar-refractivity contribution in [1.82, 2.24) is 0 Å². The Bertz CT molecular complexity index is 609. The Morgan fingerprint density at radius 2 is 1.36 bits per heavy atom. The van der Waals surface area contributed by atoms with Crippen molar-refractivity contribution in [2.75, 3.05) is 26.2 Å². The molecule has 114 valence electrons. The highest BCUT2D eigenvalue weighted by atomic mass is 15.4. The number of fused-ring (bicyclic) bond motifs is 2. The average Bonchev–Trinajstić information content (AvgIpc) is 3.11. The van der Waals surface area contributed by atoms with Gasteiger partial charge in [-0.2, -0.15) is 0 Å². The summed E-state index contributed by atoms with van der Waals surface area (Å²) in [4.78, 5) is 0. The van der Waals surface area contributed by atoms with Gasteiger partial charge in [0.25, 0.3) is 0 Å². The van der Waals surface area contributed by atoms with Crippen LogP contribution in [0.1, 0.15) is 24.0 Å². The number of piperidine rings is 1. The van der Waals surface area contributed by atoms with Gasteiger partial charge in [-0.25, -0.2) is 0 Å². The third-order valence-electron chi connectivity index (χ3n) is 6.04. The summed E-state index contributed by atoms with van der Waals surface area (Å²) in [5.74, 6) is 0. The van der Waals surface area contributed by atoms with Crippen molar-refractivity contribution in [3.63, 3.8) is 0 Å². The quantitative estimate of drug-likeness (QED) is 0.728. The molecule has 0 unspecified atom stereocenters. The predicted octanol–water partition coefficient (Wildman–Crippen LogP) is 4.08. The molecule has 1 heteroatoms. The molecular formula is C21H26N+. The zero-order chi connectivity index (χ0) is 14.9. The number of hydrogen-bond donors (Lipinski definition) is 0. The molecule has 0 N–H and O–H groups in total. The van der Waals surface area contributed by atoms with Crippen molar-refractivity contribution < 1.29 is 4.48 Å². The van der Waals surface area contributed by atoms with Crippen LogP contribution < -0.4 is 0 Å². The number of quaternary nitrogens is 1. The van der Waals surface area contributed by atoms with Crippen LogP contribution in [0.5, 0.6) is 0 Å². The molecule has 0 amide bonds. The summed E-state index contributed by atoms with van der Waals surface area (Å²) in [6, 6.07) is 22.1. The molecular weight excluding hydrogens is 266 g/mol. The zero-order valence-electron chi connectivity index (χ0n) is 13.4. The van der Waals surface area contributed by atoms with Crippen molar-refractivity contribution in [3.05, 3.63) is 71.8 Å². The second-order valence-corrected chi connectivity index (χ2v) is 7.57. The van der Waals surface area contributed by atoms with Crippen LogP contribution in [0.3, 0.4) is 0 Å². The molecule has 22 heavy (non-hydrogen) atoms. The Morgan fingerprint density at radius 3 is 2.00 bits per heavy atom. The highest BCUT2D eigenvalue weighted by Gasteiger charge is 2.54. The van der Waals surface area contributed by atoms with Crippen molar-refractivity contribution in [1.29, 1.82) is 0 Å². The van der Waals surface area contributed by atoms with E-state index in [1.54, 1.807) is 0 Å². The smallest absolute Gasteiger partial charge is 0.0851 e. The van der Waals surface area contributed by atoms with E-state index in [2.05, 4.69) is 60.7 Å². The molecule has 2 fully saturated rings. The monoisotopic (exact) mass is 292 g/mol. The Hall–Kier alpha value is -1.60. The van der Waals surface area contributed by atoms with Crippen LogP contribution in [-0.2, 0) is 12.8 Å². The molecule has 4 rings (SSSR count). The topological polar surface area (TPSA) is 0 Å². The SMILES string of the molecule is c1ccc(CC[N+]23CCC(Cc4ccccc4)(CC2)C3)cc1. The molecule has 0 spiro atoms. The van der Waals surface area contributed by atoms with Gasteiger partial charge in [-0.15, -0.1) is 0 Å². The minimum atomic E-state index is 0.595. The third kappa shape index (κ3) is 2.70. The molecule has 2 saturated heterocycles. The van der Waals surface area contributed by atoms with Gasteiger partial charge in [-0.05, 0) is 17.5 Å². The Labute approximate surface area is 134 Å². The third-order valence-corrected chi connectivity index (χ3v) is 6.04. The van der Waals surface area contributed by atoms with Crippen molar-refractivity contribution >= 4 is 0 Å². The minimum absolute atomic E-state index is 0.595. The summed E-state index contributed by atoms with van der Waals surface area (Å²) >= 11 is 0. The van der Waals surface area contributed by atoms with Gasteiger partial charge in [0.1, 0.15) is 0 Å². The second kappa shape index (κ2) is 5.55. The fourth-order valence-electron chi connectivity index (χ4n) is 4.79. The van der Waals surface area contributed by atoms with Gasteiger partial charge in [-0.1, -0.05) is 60.7 Å². The summed E-state index contributed by atoms with van der Waals surface area (Å²) in [5, 5.41) is 0. The van der Waals surface area contributed by atoms with Crippen molar-refractivity contribution in [3.8, 4) is 0 Å². The Kier molecular flexibility index (Phi) is 3.54. The molecule has 0 aliphatic carbocycles. The van der Waals surface area contributed by atoms with E-state index in [1.807, 2.05) is 0 Å². The second-order valence-electron chi connectivity index (χ2n) is 7.57. The Balaban J connectivity index is 1.42. The predicted molar refractivity (Wildman–Crippen MR) is 91.7 cm³/mol. The number of hydrogen-bond acceptors (Lipinski definition) is 0. The normalized spacial score (nSPS) is 29.8. The molecule has 0 aromatic heterocycles. The highest BCUT2D eigenvalue weighted by Crippen LogP contribution is 2.47. The van der Waals surface area contributed by atoms with Gasteiger partial charge < -0.3 is 4.48 Å². The number of benzene rings is 2. The molecule has 0 saturated carbocycles. The first-order valence-electron chi connectivity index (χ1n) is 8.71. The highest BCUT2D eigenvalue weighted by molar-refractivity contribution is 5.18. The van der Waals surface area contributed by atoms with Gasteiger partial charge in [0.2, 0.25) is 0 Å². The average molecular weight is 292 g/mol. The van der Waals surface area contributed by atoms with E-state index in [4.69, 9.17) is 0 Å². The van der Waals surface area contributed by atoms with Crippen molar-refractivity contribution in [2.24, 2.45) is 5.41 Å². The van der Waals surface area contributed by atoms with E-state index in [0.29, 0.717) is 5.41 Å². The van der Waals surface area contributed by atoms with Crippen LogP contribution in [0.15, 0.2) is 60.7 Å². The van der Waals surface area contributed by atoms with Gasteiger partial charge in [0, 0.05) is 24.7 Å². The van der Waals surface area contributed by atoms with Crippen LogP contribution in [0.4, 0.5) is 0 Å². The largest absolute Gasteiger partial charge is 0.323 e. The zero-order valence-corrected chi connectivity index (χ0v) is 13.4. The van der Waals surface area contributed by atoms with E-state index in [9.17, 15) is 0 Å². The van der Waals surface area contributed by atoms with Crippen LogP contribution in [0.25, 0.3) is 0 Å². The van der Waals surface area contributed by atoms with E-state index >= 15 is 0 Å². The summed E-state index contributed by atoms with van der Waals surface area (Å²) in [5.41, 5.74) is 3.63. The van der Waals surface area contributed by atoms with Crippen molar-refractivity contribution in [2.45, 2.75) is 25.7 Å². The van der Waals surface area contributed by atoms with Crippen LogP contribution in [-0.4, -0.2) is 30.7 Å². The minimum Gasteiger partial charge on any atom is -0.323 e. The lowest BCUT2D eigenvalue weighted by Crippen LogP contribution is -2.45. The maximum atomic E-state index is 2.31. The summed E-state index contributed by atoms with van der Waals surface area (Å²) in [6.07, 6.45) is 5.38. The maximum absolute atomic E-state index is 2.31. The standard InChI is InChI=1S/C21H26N/c1-3-7-19(8-4-1)11-14-22-15-12-21(18-22,13-16-22)17-20-9-5-2-6-10-20/h1-10H,11-18H2/q+1. The molecule has 2 aliphatic rings. The Morgan fingerprint density at radius 1 is 0.773 bits per heavy atom. The first kappa shape index (κ1) is 14.0. The fourth-order valence-corrected chi connectivity index (χ4v) is 4.79. The molecule has 2 aromatic carbocycles. The molecule has 2 aromatic rings. The summed E-state index contributed by atoms with van der Waals surface area (Å²) < 4.78 is 1.38. The fraction of sp³-hybridized carbons (Fsp3) is 0.429. The van der Waals surface area contributed by atoms with Gasteiger partial charge in [-0.3, -0.25) is 0 Å². The van der Waals surface area contributed by atoms with E-state index < -0.39 is 0 Å². The molecule has 1 nitrogen and oxygen atoms in total. The first-order valence-corrected chi connectivity index (χ1v) is 8.71. The number of rotatable bonds is 5. The molecule has 2 heterocycles. The molecule has 0 radical (unpaired) electrons. The van der Waals surface area contributed by atoms with Crippen LogP contribution >= 0.6 is 0 Å². The summed E-state index contributed by atoms with van der Waals surface area (Å²) in [6.45, 7) is 5.55. The summed E-state index contributed by atoms with van der Waals surface area (Å²) in [7, 11) is 0. The van der Waals surface area contributed by atoms with Gasteiger partial charge in [0.15, 0.2) is 0 Å². The maximum Gasteiger partial charge on any atom is 0.0851 e. The van der Waals surface area contributed by atoms with Gasteiger partial charge in [0.05, 0.1) is 26.2 Å². The lowest BCUT2D eigenvalue weighted by molar-refractivity contribution is -0.909. The molecule has 2 aliphatic heterocycles. The first-order chi connectivity index (χ1) is 10.8. The molecule has 0 atom stereocenters. The van der Waals surface area contributed by atoms with Gasteiger partial charge >= 0.3 is 0 Å². The van der Waals surface area contributed by atoms with E-state index in [-0.39, 0.29) is 0 Å². The van der Waals surface area contributed by atoms with Crippen LogP contribution in [0.2, 0.25) is 0 Å². The number of nitrogens with zero attached hydrogens (tertiary/aromatic N) is 1. The molecule has 2 bridgehead atoms. The van der Waals surface area contributed by atoms with Crippen LogP contribution in [0, 0.1) is 5.41 Å². The van der Waals surface area contributed by atoms with E-state index in [0.717, 1.165) is 0 Å².